The van der Waals surface area contributed by atoms with Crippen LogP contribution in [0.25, 0.3) is 0 Å². The minimum absolute atomic E-state index is 0.398. The zero-order chi connectivity index (χ0) is 10.8. The SMILES string of the molecule is CC(CNC1CC1)S(=O)(=O)NN(C)C. The van der Waals surface area contributed by atoms with Gasteiger partial charge in [-0.05, 0) is 19.8 Å². The van der Waals surface area contributed by atoms with Crippen LogP contribution in [0.1, 0.15) is 19.8 Å². The van der Waals surface area contributed by atoms with Gasteiger partial charge in [-0.2, -0.15) is 0 Å². The number of nitrogens with zero attached hydrogens (tertiary/aromatic N) is 1. The first-order valence-corrected chi connectivity index (χ1v) is 6.38. The molecular formula is C8H19N3O2S. The molecule has 0 heterocycles. The van der Waals surface area contributed by atoms with Gasteiger partial charge >= 0.3 is 0 Å². The molecule has 0 aromatic rings. The van der Waals surface area contributed by atoms with Crippen LogP contribution in [0.15, 0.2) is 0 Å². The summed E-state index contributed by atoms with van der Waals surface area (Å²) in [5.41, 5.74) is 0. The zero-order valence-corrected chi connectivity index (χ0v) is 9.76. The van der Waals surface area contributed by atoms with Crippen molar-refractivity contribution in [2.75, 3.05) is 20.6 Å². The second kappa shape index (κ2) is 4.57. The van der Waals surface area contributed by atoms with Crippen molar-refractivity contribution in [2.45, 2.75) is 31.1 Å². The average Bonchev–Trinajstić information content (AvgIpc) is 2.80. The van der Waals surface area contributed by atoms with Crippen LogP contribution in [0.5, 0.6) is 0 Å². The van der Waals surface area contributed by atoms with Crippen molar-refractivity contribution in [1.82, 2.24) is 15.2 Å². The zero-order valence-electron chi connectivity index (χ0n) is 8.95. The Hall–Kier alpha value is -0.170. The summed E-state index contributed by atoms with van der Waals surface area (Å²) in [5.74, 6) is 0. The normalized spacial score (nSPS) is 20.0. The lowest BCUT2D eigenvalue weighted by atomic mass is 10.4. The molecule has 14 heavy (non-hydrogen) atoms. The molecule has 1 fully saturated rings. The summed E-state index contributed by atoms with van der Waals surface area (Å²) in [6, 6.07) is 0.548. The highest BCUT2D eigenvalue weighted by molar-refractivity contribution is 7.90. The summed E-state index contributed by atoms with van der Waals surface area (Å²) < 4.78 is 23.2. The van der Waals surface area contributed by atoms with Crippen molar-refractivity contribution in [3.8, 4) is 0 Å². The molecule has 5 nitrogen and oxygen atoms in total. The summed E-state index contributed by atoms with van der Waals surface area (Å²) in [5, 5.41) is 4.25. The van der Waals surface area contributed by atoms with Gasteiger partial charge in [0, 0.05) is 26.7 Å². The van der Waals surface area contributed by atoms with Gasteiger partial charge in [-0.1, -0.05) is 0 Å². The van der Waals surface area contributed by atoms with Gasteiger partial charge in [0.2, 0.25) is 10.0 Å². The second-order valence-corrected chi connectivity index (χ2v) is 6.10. The van der Waals surface area contributed by atoms with Gasteiger partial charge in [0.1, 0.15) is 0 Å². The summed E-state index contributed by atoms with van der Waals surface area (Å²) in [7, 11) is 0.117. The van der Waals surface area contributed by atoms with E-state index in [0.29, 0.717) is 12.6 Å². The number of hydrogen-bond acceptors (Lipinski definition) is 4. The quantitative estimate of drug-likeness (QED) is 0.595. The number of rotatable bonds is 6. The van der Waals surface area contributed by atoms with Gasteiger partial charge in [-0.3, -0.25) is 0 Å². The van der Waals surface area contributed by atoms with Crippen LogP contribution in [0, 0.1) is 0 Å². The smallest absolute Gasteiger partial charge is 0.228 e. The molecule has 84 valence electrons. The van der Waals surface area contributed by atoms with E-state index >= 15 is 0 Å². The molecule has 0 aromatic heterocycles. The Morgan fingerprint density at radius 2 is 2.00 bits per heavy atom. The molecule has 2 N–H and O–H groups in total. The Morgan fingerprint density at radius 1 is 1.43 bits per heavy atom. The second-order valence-electron chi connectivity index (χ2n) is 4.02. The molecule has 0 spiro atoms. The summed E-state index contributed by atoms with van der Waals surface area (Å²) in [4.78, 5) is 2.43. The van der Waals surface area contributed by atoms with Crippen molar-refractivity contribution >= 4 is 10.0 Å². The number of hydrazine groups is 1. The third-order valence-electron chi connectivity index (χ3n) is 2.11. The molecule has 0 aromatic carbocycles. The fraction of sp³-hybridized carbons (Fsp3) is 1.00. The van der Waals surface area contributed by atoms with E-state index in [1.807, 2.05) is 0 Å². The van der Waals surface area contributed by atoms with E-state index in [1.54, 1.807) is 21.0 Å². The van der Waals surface area contributed by atoms with Crippen molar-refractivity contribution in [3.05, 3.63) is 0 Å². The molecule has 1 rings (SSSR count). The maximum absolute atomic E-state index is 11.6. The Kier molecular flexibility index (Phi) is 3.88. The largest absolute Gasteiger partial charge is 0.313 e. The summed E-state index contributed by atoms with van der Waals surface area (Å²) in [6.07, 6.45) is 2.35. The molecule has 0 amide bonds. The first-order valence-electron chi connectivity index (χ1n) is 4.84. The van der Waals surface area contributed by atoms with Crippen LogP contribution >= 0.6 is 0 Å². The molecule has 1 aliphatic rings. The molecule has 6 heteroatoms. The number of sulfonamides is 1. The molecule has 1 unspecified atom stereocenters. The van der Waals surface area contributed by atoms with Gasteiger partial charge < -0.3 is 5.32 Å². The lowest BCUT2D eigenvalue weighted by molar-refractivity contribution is 0.361. The third-order valence-corrected chi connectivity index (χ3v) is 3.96. The van der Waals surface area contributed by atoms with Gasteiger partial charge in [-0.15, -0.1) is 4.83 Å². The van der Waals surface area contributed by atoms with Crippen molar-refractivity contribution in [1.29, 1.82) is 0 Å². The van der Waals surface area contributed by atoms with Crippen molar-refractivity contribution in [2.24, 2.45) is 0 Å². The maximum atomic E-state index is 11.6. The first kappa shape index (κ1) is 11.9. The van der Waals surface area contributed by atoms with Gasteiger partial charge in [-0.25, -0.2) is 13.4 Å². The molecule has 1 aliphatic carbocycles. The maximum Gasteiger partial charge on any atom is 0.228 e. The van der Waals surface area contributed by atoms with Crippen LogP contribution in [-0.2, 0) is 10.0 Å². The number of hydrogen-bond donors (Lipinski definition) is 2. The van der Waals surface area contributed by atoms with E-state index in [9.17, 15) is 8.42 Å². The number of nitrogens with one attached hydrogen (secondary N) is 2. The summed E-state index contributed by atoms with van der Waals surface area (Å²) in [6.45, 7) is 2.23. The Labute approximate surface area is 85.9 Å². The Morgan fingerprint density at radius 3 is 2.43 bits per heavy atom. The third kappa shape index (κ3) is 3.91. The van der Waals surface area contributed by atoms with E-state index in [4.69, 9.17) is 0 Å². The molecular weight excluding hydrogens is 202 g/mol. The predicted molar refractivity (Wildman–Crippen MR) is 56.2 cm³/mol. The highest BCUT2D eigenvalue weighted by Crippen LogP contribution is 2.18. The summed E-state index contributed by atoms with van der Waals surface area (Å²) >= 11 is 0. The van der Waals surface area contributed by atoms with E-state index in [1.165, 1.54) is 17.9 Å². The predicted octanol–water partition coefficient (Wildman–Crippen LogP) is -0.477. The lowest BCUT2D eigenvalue weighted by Crippen LogP contribution is -2.44. The van der Waals surface area contributed by atoms with Crippen molar-refractivity contribution in [3.63, 3.8) is 0 Å². The van der Waals surface area contributed by atoms with Crippen LogP contribution in [0.2, 0.25) is 0 Å². The van der Waals surface area contributed by atoms with E-state index in [-0.39, 0.29) is 0 Å². The van der Waals surface area contributed by atoms with E-state index < -0.39 is 15.3 Å². The van der Waals surface area contributed by atoms with Crippen LogP contribution in [0.4, 0.5) is 0 Å². The van der Waals surface area contributed by atoms with Crippen LogP contribution in [-0.4, -0.2) is 45.4 Å². The van der Waals surface area contributed by atoms with Crippen molar-refractivity contribution < 1.29 is 8.42 Å². The Balaban J connectivity index is 2.35. The Bertz CT molecular complexity index is 272. The minimum atomic E-state index is -3.21. The molecule has 1 atom stereocenters. The fourth-order valence-corrected chi connectivity index (χ4v) is 2.08. The van der Waals surface area contributed by atoms with Crippen LogP contribution in [0.3, 0.4) is 0 Å². The molecule has 1 saturated carbocycles. The molecule has 0 saturated heterocycles. The van der Waals surface area contributed by atoms with Crippen LogP contribution < -0.4 is 10.1 Å². The van der Waals surface area contributed by atoms with E-state index in [0.717, 1.165) is 0 Å². The first-order chi connectivity index (χ1) is 6.42. The molecule has 0 bridgehead atoms. The average molecular weight is 221 g/mol. The van der Waals surface area contributed by atoms with Gasteiger partial charge in [0.15, 0.2) is 0 Å². The standard InChI is InChI=1S/C8H19N3O2S/c1-7(6-9-8-4-5-8)14(12,13)10-11(2)3/h7-10H,4-6H2,1-3H3. The monoisotopic (exact) mass is 221 g/mol. The van der Waals surface area contributed by atoms with E-state index in [2.05, 4.69) is 10.1 Å². The van der Waals surface area contributed by atoms with Gasteiger partial charge in [0.05, 0.1) is 5.25 Å². The molecule has 0 aliphatic heterocycles. The lowest BCUT2D eigenvalue weighted by Gasteiger charge is -2.17. The highest BCUT2D eigenvalue weighted by Gasteiger charge is 2.25. The topological polar surface area (TPSA) is 61.4 Å². The highest BCUT2D eigenvalue weighted by atomic mass is 32.2. The minimum Gasteiger partial charge on any atom is -0.313 e. The van der Waals surface area contributed by atoms with Gasteiger partial charge in [0.25, 0.3) is 0 Å². The molecule has 0 radical (unpaired) electrons. The fourth-order valence-electron chi connectivity index (χ4n) is 1.07.